The Morgan fingerprint density at radius 3 is 2.47 bits per heavy atom. The number of para-hydroxylation sites is 1. The highest BCUT2D eigenvalue weighted by atomic mass is 16.5. The number of carbonyl (C=O) groups excluding carboxylic acids is 4. The van der Waals surface area contributed by atoms with Gasteiger partial charge in [0, 0.05) is 48.9 Å². The van der Waals surface area contributed by atoms with Gasteiger partial charge in [-0.25, -0.2) is 14.6 Å². The van der Waals surface area contributed by atoms with Crippen molar-refractivity contribution in [2.75, 3.05) is 36.8 Å². The summed E-state index contributed by atoms with van der Waals surface area (Å²) in [6, 6.07) is 23.0. The van der Waals surface area contributed by atoms with E-state index < -0.39 is 23.8 Å². The number of nitrogens with zero attached hydrogens (tertiary/aromatic N) is 7. The molecule has 4 atom stereocenters. The van der Waals surface area contributed by atoms with Gasteiger partial charge >= 0.3 is 0 Å². The molecule has 9 rings (SSSR count). The molecular formula is C43H45N9O5. The first-order chi connectivity index (χ1) is 27.7. The van der Waals surface area contributed by atoms with Crippen molar-refractivity contribution in [2.45, 2.75) is 63.6 Å². The summed E-state index contributed by atoms with van der Waals surface area (Å²) in [6.07, 6.45) is 6.39. The minimum absolute atomic E-state index is 0.0802. The highest BCUT2D eigenvalue weighted by Crippen LogP contribution is 2.44. The molecule has 4 unspecified atom stereocenters. The number of hydrogen-bond acceptors (Lipinski definition) is 11. The molecule has 4 amide bonds. The molecule has 292 valence electrons. The molecule has 1 saturated carbocycles. The van der Waals surface area contributed by atoms with Crippen molar-refractivity contribution in [1.29, 1.82) is 0 Å². The molecule has 3 N–H and O–H groups in total. The quantitative estimate of drug-likeness (QED) is 0.151. The lowest BCUT2D eigenvalue weighted by Gasteiger charge is -2.52. The Morgan fingerprint density at radius 2 is 1.70 bits per heavy atom. The normalized spacial score (nSPS) is 22.7. The van der Waals surface area contributed by atoms with Crippen molar-refractivity contribution in [3.63, 3.8) is 0 Å². The number of anilines is 2. The minimum Gasteiger partial charge on any atom is -0.457 e. The first-order valence-corrected chi connectivity index (χ1v) is 19.8. The molecule has 0 radical (unpaired) electrons. The molecule has 4 fully saturated rings. The van der Waals surface area contributed by atoms with Gasteiger partial charge in [-0.05, 0) is 112 Å². The molecule has 4 aliphatic rings. The molecule has 0 spiro atoms. The molecule has 0 bridgehead atoms. The second-order valence-corrected chi connectivity index (χ2v) is 15.8. The number of fused-ring (bicyclic) bond motifs is 2. The van der Waals surface area contributed by atoms with Crippen LogP contribution in [-0.2, 0) is 14.4 Å². The number of imide groups is 2. The number of aromatic nitrogens is 4. The molecule has 3 aromatic carbocycles. The Hall–Kier alpha value is -6.15. The summed E-state index contributed by atoms with van der Waals surface area (Å²) >= 11 is 0. The summed E-state index contributed by atoms with van der Waals surface area (Å²) in [7, 11) is 0. The van der Waals surface area contributed by atoms with Gasteiger partial charge in [-0.2, -0.15) is 5.10 Å². The van der Waals surface area contributed by atoms with Gasteiger partial charge in [0.2, 0.25) is 18.2 Å². The summed E-state index contributed by atoms with van der Waals surface area (Å²) in [5.41, 5.74) is 11.0. The Morgan fingerprint density at radius 1 is 0.912 bits per heavy atom. The fraction of sp³-hybridized carbons (Fsp3) is 0.372. The summed E-state index contributed by atoms with van der Waals surface area (Å²) in [5, 5.41) is 8.19. The second-order valence-electron chi connectivity index (χ2n) is 15.8. The molecule has 1 aliphatic carbocycles. The molecule has 5 aromatic rings. The number of nitrogen functional groups attached to an aromatic ring is 1. The van der Waals surface area contributed by atoms with Gasteiger partial charge < -0.3 is 15.4 Å². The highest BCUT2D eigenvalue weighted by Gasteiger charge is 2.42. The standard InChI is InChI=1S/C43H45N9O5/c1-26-7-11-30(20-35(26)43(56)51(25-53)36-15-16-37(54)47-42(36)55)50-22-32(23-50)49-18-17-28-19-31(12-8-29(28)21-49)52-41-38(40(44)45-24-46-41)39(48-52)27-9-13-34(14-10-27)57-33-5-3-2-4-6-33/h2-7,9-11,13-14,20,24-25,28-29,31-32,36H,8,12,15-19,21-23H2,1H3,(H2,44,45,46)(H,47,54,55). The van der Waals surface area contributed by atoms with Crippen LogP contribution in [0.2, 0.25) is 0 Å². The minimum atomic E-state index is -1.00. The van der Waals surface area contributed by atoms with E-state index in [1.54, 1.807) is 0 Å². The van der Waals surface area contributed by atoms with Crippen LogP contribution in [0.3, 0.4) is 0 Å². The van der Waals surface area contributed by atoms with Crippen LogP contribution in [0, 0.1) is 18.8 Å². The van der Waals surface area contributed by atoms with Crippen molar-refractivity contribution in [3.8, 4) is 22.8 Å². The summed E-state index contributed by atoms with van der Waals surface area (Å²) in [4.78, 5) is 64.5. The van der Waals surface area contributed by atoms with Crippen LogP contribution in [0.15, 0.2) is 79.1 Å². The Kier molecular flexibility index (Phi) is 9.65. The number of nitrogens with one attached hydrogen (secondary N) is 1. The van der Waals surface area contributed by atoms with E-state index in [0.29, 0.717) is 35.7 Å². The van der Waals surface area contributed by atoms with Gasteiger partial charge in [0.05, 0.1) is 11.4 Å². The van der Waals surface area contributed by atoms with Gasteiger partial charge in [0.1, 0.15) is 35.4 Å². The number of benzene rings is 3. The molecule has 57 heavy (non-hydrogen) atoms. The number of carbonyl (C=O) groups is 4. The van der Waals surface area contributed by atoms with Crippen LogP contribution in [0.1, 0.15) is 60.5 Å². The summed E-state index contributed by atoms with van der Waals surface area (Å²) in [5.74, 6) is 1.57. The zero-order chi connectivity index (χ0) is 39.2. The SMILES string of the molecule is Cc1ccc(N2CC(N3CCC4CC(n5nc(-c6ccc(Oc7ccccc7)cc6)c6c(N)ncnc65)CCC4C3)C2)cc1C(=O)N(C=O)C1CCC(=O)NC1=O. The number of amides is 4. The smallest absolute Gasteiger partial charge is 0.261 e. The van der Waals surface area contributed by atoms with Gasteiger partial charge in [0.15, 0.2) is 5.65 Å². The van der Waals surface area contributed by atoms with E-state index in [2.05, 4.69) is 24.8 Å². The van der Waals surface area contributed by atoms with Gasteiger partial charge in [-0.15, -0.1) is 0 Å². The van der Waals surface area contributed by atoms with E-state index in [1.165, 1.54) is 6.33 Å². The van der Waals surface area contributed by atoms with Crippen LogP contribution in [-0.4, -0.2) is 91.9 Å². The third kappa shape index (κ3) is 6.98. The summed E-state index contributed by atoms with van der Waals surface area (Å²) in [6.45, 7) is 5.61. The predicted molar refractivity (Wildman–Crippen MR) is 213 cm³/mol. The lowest BCUT2D eigenvalue weighted by atomic mass is 9.72. The van der Waals surface area contributed by atoms with Crippen LogP contribution in [0.5, 0.6) is 11.5 Å². The molecule has 14 nitrogen and oxygen atoms in total. The Balaban J connectivity index is 0.835. The molecule has 2 aromatic heterocycles. The van der Waals surface area contributed by atoms with E-state index in [0.717, 1.165) is 102 Å². The third-order valence-electron chi connectivity index (χ3n) is 12.4. The van der Waals surface area contributed by atoms with Crippen molar-refractivity contribution < 1.29 is 23.9 Å². The van der Waals surface area contributed by atoms with Crippen LogP contribution in [0.4, 0.5) is 11.5 Å². The van der Waals surface area contributed by atoms with Crippen LogP contribution in [0.25, 0.3) is 22.3 Å². The Bertz CT molecular complexity index is 2340. The lowest BCUT2D eigenvalue weighted by molar-refractivity contribution is -0.139. The van der Waals surface area contributed by atoms with E-state index in [1.807, 2.05) is 79.7 Å². The highest BCUT2D eigenvalue weighted by molar-refractivity contribution is 6.08. The van der Waals surface area contributed by atoms with E-state index >= 15 is 0 Å². The number of rotatable bonds is 9. The maximum absolute atomic E-state index is 13.6. The fourth-order valence-electron chi connectivity index (χ4n) is 9.21. The van der Waals surface area contributed by atoms with E-state index in [9.17, 15) is 19.2 Å². The van der Waals surface area contributed by atoms with Crippen LogP contribution >= 0.6 is 0 Å². The van der Waals surface area contributed by atoms with Gasteiger partial charge in [-0.1, -0.05) is 24.3 Å². The van der Waals surface area contributed by atoms with Crippen molar-refractivity contribution in [3.05, 3.63) is 90.3 Å². The zero-order valence-electron chi connectivity index (χ0n) is 31.8. The molecular weight excluding hydrogens is 723 g/mol. The molecule has 3 saturated heterocycles. The Labute approximate surface area is 330 Å². The number of ether oxygens (including phenoxy) is 1. The molecule has 3 aliphatic heterocycles. The van der Waals surface area contributed by atoms with Gasteiger partial charge in [0.25, 0.3) is 5.91 Å². The average Bonchev–Trinajstić information content (AvgIpc) is 3.60. The molecule has 5 heterocycles. The number of aryl methyl sites for hydroxylation is 1. The number of piperidine rings is 2. The number of likely N-dealkylation sites (tertiary alicyclic amines) is 1. The van der Waals surface area contributed by atoms with Crippen LogP contribution < -0.4 is 20.7 Å². The van der Waals surface area contributed by atoms with E-state index in [-0.39, 0.29) is 18.9 Å². The van der Waals surface area contributed by atoms with Crippen molar-refractivity contribution in [2.24, 2.45) is 11.8 Å². The van der Waals surface area contributed by atoms with Crippen molar-refractivity contribution >= 4 is 46.7 Å². The third-order valence-corrected chi connectivity index (χ3v) is 12.4. The second kappa shape index (κ2) is 15.1. The summed E-state index contributed by atoms with van der Waals surface area (Å²) < 4.78 is 8.12. The zero-order valence-corrected chi connectivity index (χ0v) is 31.8. The fourth-order valence-corrected chi connectivity index (χ4v) is 9.21. The average molecular weight is 768 g/mol. The molecule has 14 heteroatoms. The maximum Gasteiger partial charge on any atom is 0.261 e. The van der Waals surface area contributed by atoms with E-state index in [4.69, 9.17) is 20.6 Å². The topological polar surface area (TPSA) is 169 Å². The lowest BCUT2D eigenvalue weighted by Crippen LogP contribution is -2.62. The maximum atomic E-state index is 13.6. The van der Waals surface area contributed by atoms with Gasteiger partial charge in [-0.3, -0.25) is 34.3 Å². The number of nitrogens with two attached hydrogens (primary N) is 1. The monoisotopic (exact) mass is 767 g/mol. The first kappa shape index (κ1) is 36.5. The van der Waals surface area contributed by atoms with Crippen molar-refractivity contribution in [1.82, 2.24) is 34.9 Å². The predicted octanol–water partition coefficient (Wildman–Crippen LogP) is 5.13. The first-order valence-electron chi connectivity index (χ1n) is 19.8. The largest absolute Gasteiger partial charge is 0.457 e. The number of hydrogen-bond donors (Lipinski definition) is 2.